The Hall–Kier alpha value is -2.18. The third kappa shape index (κ3) is 6.22. The van der Waals surface area contributed by atoms with Crippen LogP contribution < -0.4 is 5.73 Å². The molecule has 1 aromatic carbocycles. The average Bonchev–Trinajstić information content (AvgIpc) is 2.57. The Bertz CT molecular complexity index is 618. The zero-order chi connectivity index (χ0) is 17.1. The molecule has 0 atom stereocenters. The molecule has 3 nitrogen and oxygen atoms in total. The lowest BCUT2D eigenvalue weighted by Crippen LogP contribution is -2.04. The van der Waals surface area contributed by atoms with Crippen molar-refractivity contribution in [3.8, 4) is 6.07 Å². The smallest absolute Gasteiger partial charge is 0.0991 e. The summed E-state index contributed by atoms with van der Waals surface area (Å²) in [5.41, 5.74) is 10.3. The van der Waals surface area contributed by atoms with Crippen molar-refractivity contribution in [1.29, 1.82) is 5.26 Å². The molecular formula is C20H27N3. The van der Waals surface area contributed by atoms with Crippen LogP contribution in [0.2, 0.25) is 0 Å². The average molecular weight is 309 g/mol. The molecule has 1 aromatic rings. The quantitative estimate of drug-likeness (QED) is 0.534. The maximum atomic E-state index is 9.05. The number of nitrogens with zero attached hydrogens (tertiary/aromatic N) is 2. The Kier molecular flexibility index (Phi) is 8.64. The molecule has 0 aromatic heterocycles. The summed E-state index contributed by atoms with van der Waals surface area (Å²) in [5, 5.41) is 9.05. The number of nitrogens with two attached hydrogens (primary N) is 1. The summed E-state index contributed by atoms with van der Waals surface area (Å²) in [7, 11) is 0. The second kappa shape index (κ2) is 10.5. The van der Waals surface area contributed by atoms with Crippen LogP contribution in [0.3, 0.4) is 0 Å². The minimum atomic E-state index is 0.482. The van der Waals surface area contributed by atoms with E-state index in [0.29, 0.717) is 17.8 Å². The molecule has 0 heterocycles. The Morgan fingerprint density at radius 2 is 2.13 bits per heavy atom. The van der Waals surface area contributed by atoms with Crippen LogP contribution in [-0.2, 0) is 6.42 Å². The van der Waals surface area contributed by atoms with E-state index < -0.39 is 0 Å². The number of allylic oxidation sites excluding steroid dienone is 1. The summed E-state index contributed by atoms with van der Waals surface area (Å²) in [6, 6.07) is 7.87. The second-order valence-corrected chi connectivity index (χ2v) is 5.56. The van der Waals surface area contributed by atoms with Gasteiger partial charge in [0.15, 0.2) is 0 Å². The standard InChI is InChI=1S/C20H27N3/c1-4-6-7-9-18(14-22)15-23-16(3)20-11-10-17(13-21)12-19(20)8-5-2/h9-12,15H,3-8,14,22H2,1-2H3/b18-9-,23-15?. The summed E-state index contributed by atoms with van der Waals surface area (Å²) >= 11 is 0. The number of hydrogen-bond donors (Lipinski definition) is 1. The van der Waals surface area contributed by atoms with Gasteiger partial charge in [0, 0.05) is 18.3 Å². The molecule has 0 unspecified atom stereocenters. The lowest BCUT2D eigenvalue weighted by Gasteiger charge is -2.09. The van der Waals surface area contributed by atoms with Crippen LogP contribution in [0.1, 0.15) is 56.2 Å². The van der Waals surface area contributed by atoms with Crippen LogP contribution in [0.15, 0.2) is 41.4 Å². The highest BCUT2D eigenvalue weighted by Crippen LogP contribution is 2.22. The van der Waals surface area contributed by atoms with Crippen LogP contribution >= 0.6 is 0 Å². The van der Waals surface area contributed by atoms with Crippen molar-refractivity contribution in [2.75, 3.05) is 6.54 Å². The minimum absolute atomic E-state index is 0.482. The van der Waals surface area contributed by atoms with Gasteiger partial charge in [-0.1, -0.05) is 51.8 Å². The van der Waals surface area contributed by atoms with Crippen molar-refractivity contribution in [2.24, 2.45) is 10.7 Å². The molecule has 0 aliphatic rings. The molecule has 23 heavy (non-hydrogen) atoms. The van der Waals surface area contributed by atoms with Gasteiger partial charge < -0.3 is 5.73 Å². The van der Waals surface area contributed by atoms with E-state index in [-0.39, 0.29) is 0 Å². The van der Waals surface area contributed by atoms with E-state index in [9.17, 15) is 0 Å². The summed E-state index contributed by atoms with van der Waals surface area (Å²) in [4.78, 5) is 4.49. The van der Waals surface area contributed by atoms with Gasteiger partial charge >= 0.3 is 0 Å². The van der Waals surface area contributed by atoms with Crippen molar-refractivity contribution in [3.05, 3.63) is 53.1 Å². The van der Waals surface area contributed by atoms with Gasteiger partial charge in [-0.3, -0.25) is 4.99 Å². The zero-order valence-electron chi connectivity index (χ0n) is 14.3. The van der Waals surface area contributed by atoms with Crippen molar-refractivity contribution < 1.29 is 0 Å². The third-order valence-corrected chi connectivity index (χ3v) is 3.65. The highest BCUT2D eigenvalue weighted by Gasteiger charge is 2.06. The summed E-state index contributed by atoms with van der Waals surface area (Å²) < 4.78 is 0. The molecule has 0 saturated carbocycles. The molecule has 0 saturated heterocycles. The van der Waals surface area contributed by atoms with E-state index in [1.165, 1.54) is 6.42 Å². The van der Waals surface area contributed by atoms with Crippen molar-refractivity contribution >= 4 is 11.9 Å². The first-order valence-corrected chi connectivity index (χ1v) is 8.31. The summed E-state index contributed by atoms with van der Waals surface area (Å²) in [5.74, 6) is 0. The monoisotopic (exact) mass is 309 g/mol. The zero-order valence-corrected chi connectivity index (χ0v) is 14.3. The number of nitriles is 1. The van der Waals surface area contributed by atoms with Gasteiger partial charge in [-0.25, -0.2) is 0 Å². The predicted molar refractivity (Wildman–Crippen MR) is 99.3 cm³/mol. The van der Waals surface area contributed by atoms with Gasteiger partial charge in [-0.15, -0.1) is 0 Å². The Labute approximate surface area is 140 Å². The molecule has 0 spiro atoms. The lowest BCUT2D eigenvalue weighted by atomic mass is 9.99. The number of aliphatic imine (C=N–C) groups is 1. The summed E-state index contributed by atoms with van der Waals surface area (Å²) in [6.07, 6.45) is 9.25. The first-order chi connectivity index (χ1) is 11.2. The van der Waals surface area contributed by atoms with E-state index in [1.54, 1.807) is 0 Å². The highest BCUT2D eigenvalue weighted by atomic mass is 14.7. The Balaban J connectivity index is 2.94. The van der Waals surface area contributed by atoms with Crippen molar-refractivity contribution in [3.63, 3.8) is 0 Å². The fraction of sp³-hybridized carbons (Fsp3) is 0.400. The molecule has 0 radical (unpaired) electrons. The van der Waals surface area contributed by atoms with E-state index >= 15 is 0 Å². The maximum absolute atomic E-state index is 9.05. The fourth-order valence-corrected chi connectivity index (χ4v) is 2.33. The third-order valence-electron chi connectivity index (χ3n) is 3.65. The van der Waals surface area contributed by atoms with Crippen LogP contribution in [0, 0.1) is 11.3 Å². The van der Waals surface area contributed by atoms with Gasteiger partial charge in [0.25, 0.3) is 0 Å². The maximum Gasteiger partial charge on any atom is 0.0991 e. The number of rotatable bonds is 9. The summed E-state index contributed by atoms with van der Waals surface area (Å²) in [6.45, 7) is 8.85. The van der Waals surface area contributed by atoms with Crippen molar-refractivity contribution in [2.45, 2.75) is 46.0 Å². The van der Waals surface area contributed by atoms with Gasteiger partial charge in [0.2, 0.25) is 0 Å². The van der Waals surface area contributed by atoms with Crippen LogP contribution in [0.25, 0.3) is 5.70 Å². The first kappa shape index (κ1) is 18.9. The first-order valence-electron chi connectivity index (χ1n) is 8.31. The Morgan fingerprint density at radius 3 is 2.74 bits per heavy atom. The van der Waals surface area contributed by atoms with E-state index in [1.807, 2.05) is 24.4 Å². The topological polar surface area (TPSA) is 62.2 Å². The largest absolute Gasteiger partial charge is 0.326 e. The molecule has 0 bridgehead atoms. The van der Waals surface area contributed by atoms with E-state index in [2.05, 4.69) is 37.6 Å². The molecular weight excluding hydrogens is 282 g/mol. The van der Waals surface area contributed by atoms with Gasteiger partial charge in [-0.2, -0.15) is 5.26 Å². The SMILES string of the molecule is C=C(N=C/C(=C\CCCC)CN)c1ccc(C#N)cc1CCC. The lowest BCUT2D eigenvalue weighted by molar-refractivity contribution is 0.812. The minimum Gasteiger partial charge on any atom is -0.326 e. The van der Waals surface area contributed by atoms with Gasteiger partial charge in [0.1, 0.15) is 0 Å². The molecule has 3 heteroatoms. The molecule has 0 aliphatic carbocycles. The number of hydrogen-bond acceptors (Lipinski definition) is 3. The van der Waals surface area contributed by atoms with Crippen LogP contribution in [-0.4, -0.2) is 12.8 Å². The number of benzene rings is 1. The van der Waals surface area contributed by atoms with E-state index in [4.69, 9.17) is 11.0 Å². The molecule has 122 valence electrons. The van der Waals surface area contributed by atoms with Crippen molar-refractivity contribution in [1.82, 2.24) is 0 Å². The van der Waals surface area contributed by atoms with E-state index in [0.717, 1.165) is 42.4 Å². The molecule has 1 rings (SSSR count). The molecule has 0 fully saturated rings. The molecule has 0 amide bonds. The molecule has 0 aliphatic heterocycles. The van der Waals surface area contributed by atoms with Crippen LogP contribution in [0.5, 0.6) is 0 Å². The second-order valence-electron chi connectivity index (χ2n) is 5.56. The highest BCUT2D eigenvalue weighted by molar-refractivity contribution is 5.85. The Morgan fingerprint density at radius 1 is 1.35 bits per heavy atom. The normalized spacial score (nSPS) is 11.7. The van der Waals surface area contributed by atoms with Gasteiger partial charge in [-0.05, 0) is 36.1 Å². The number of aryl methyl sites for hydroxylation is 1. The molecule has 2 N–H and O–H groups in total. The fourth-order valence-electron chi connectivity index (χ4n) is 2.33. The van der Waals surface area contributed by atoms with Gasteiger partial charge in [0.05, 0.1) is 17.3 Å². The number of unbranched alkanes of at least 4 members (excludes halogenated alkanes) is 2. The van der Waals surface area contributed by atoms with Crippen LogP contribution in [0.4, 0.5) is 0 Å². The predicted octanol–water partition coefficient (Wildman–Crippen LogP) is 4.63.